The molecule has 0 N–H and O–H groups in total. The number of carbonyl (C=O) groups is 1. The van der Waals surface area contributed by atoms with Gasteiger partial charge in [0, 0.05) is 13.2 Å². The first-order valence-corrected chi connectivity index (χ1v) is 7.86. The Labute approximate surface area is 134 Å². The highest BCUT2D eigenvalue weighted by atomic mass is 16.5. The van der Waals surface area contributed by atoms with Crippen LogP contribution in [0.15, 0.2) is 18.2 Å². The largest absolute Gasteiger partial charge is 0.460 e. The molecule has 3 rings (SSSR count). The summed E-state index contributed by atoms with van der Waals surface area (Å²) in [6.07, 6.45) is 1.99. The number of esters is 1. The Hall–Kier alpha value is -2.39. The number of nitriles is 1. The smallest absolute Gasteiger partial charge is 0.374 e. The van der Waals surface area contributed by atoms with Gasteiger partial charge in [0.2, 0.25) is 5.82 Å². The maximum atomic E-state index is 12.1. The van der Waals surface area contributed by atoms with Crippen molar-refractivity contribution in [2.45, 2.75) is 32.2 Å². The number of rotatable bonds is 4. The molecule has 1 fully saturated rings. The quantitative estimate of drug-likeness (QED) is 0.811. The number of fused-ring (bicyclic) bond motifs is 1. The van der Waals surface area contributed by atoms with Crippen LogP contribution in [-0.4, -0.2) is 35.3 Å². The fraction of sp³-hybridized carbons (Fsp3) is 0.471. The van der Waals surface area contributed by atoms with Gasteiger partial charge in [0.1, 0.15) is 6.54 Å². The SMILES string of the molecule is CCOC(=O)c1nc2cc(C3CCOCC3)ccc2n1CC#N. The summed E-state index contributed by atoms with van der Waals surface area (Å²) in [7, 11) is 0. The summed E-state index contributed by atoms with van der Waals surface area (Å²) in [5.41, 5.74) is 2.72. The van der Waals surface area contributed by atoms with Crippen LogP contribution in [-0.2, 0) is 16.0 Å². The zero-order valence-corrected chi connectivity index (χ0v) is 13.1. The number of hydrogen-bond donors (Lipinski definition) is 0. The van der Waals surface area contributed by atoms with Gasteiger partial charge < -0.3 is 14.0 Å². The molecule has 1 aliphatic rings. The number of benzene rings is 1. The minimum absolute atomic E-state index is 0.0707. The highest BCUT2D eigenvalue weighted by molar-refractivity contribution is 5.91. The molecule has 120 valence electrons. The van der Waals surface area contributed by atoms with Crippen LogP contribution in [0.4, 0.5) is 0 Å². The third kappa shape index (κ3) is 3.06. The second kappa shape index (κ2) is 6.80. The van der Waals surface area contributed by atoms with Gasteiger partial charge in [0.05, 0.1) is 23.7 Å². The van der Waals surface area contributed by atoms with Gasteiger partial charge in [-0.05, 0) is 43.4 Å². The van der Waals surface area contributed by atoms with Gasteiger partial charge in [-0.15, -0.1) is 0 Å². The van der Waals surface area contributed by atoms with Crippen molar-refractivity contribution in [1.82, 2.24) is 9.55 Å². The van der Waals surface area contributed by atoms with Gasteiger partial charge in [-0.2, -0.15) is 5.26 Å². The fourth-order valence-electron chi connectivity index (χ4n) is 3.01. The molecule has 0 spiro atoms. The second-order valence-electron chi connectivity index (χ2n) is 5.53. The fourth-order valence-corrected chi connectivity index (χ4v) is 3.01. The predicted octanol–water partition coefficient (Wildman–Crippen LogP) is 2.63. The molecule has 23 heavy (non-hydrogen) atoms. The molecular weight excluding hydrogens is 294 g/mol. The monoisotopic (exact) mass is 313 g/mol. The predicted molar refractivity (Wildman–Crippen MR) is 84.1 cm³/mol. The normalized spacial score (nSPS) is 15.5. The van der Waals surface area contributed by atoms with E-state index < -0.39 is 5.97 Å². The number of ether oxygens (including phenoxy) is 2. The third-order valence-electron chi connectivity index (χ3n) is 4.15. The maximum Gasteiger partial charge on any atom is 0.374 e. The number of carbonyl (C=O) groups excluding carboxylic acids is 1. The first-order valence-electron chi connectivity index (χ1n) is 7.86. The van der Waals surface area contributed by atoms with Crippen molar-refractivity contribution in [3.8, 4) is 6.07 Å². The topological polar surface area (TPSA) is 77.1 Å². The molecule has 0 bridgehead atoms. The van der Waals surface area contributed by atoms with Gasteiger partial charge >= 0.3 is 5.97 Å². The standard InChI is InChI=1S/C17H19N3O3/c1-2-23-17(21)16-19-14-11-13(12-5-9-22-10-6-12)3-4-15(14)20(16)8-7-18/h3-4,11-12H,2,5-6,8-10H2,1H3. The Kier molecular flexibility index (Phi) is 4.58. The molecule has 0 saturated carbocycles. The van der Waals surface area contributed by atoms with Crippen LogP contribution in [0.25, 0.3) is 11.0 Å². The second-order valence-corrected chi connectivity index (χ2v) is 5.53. The lowest BCUT2D eigenvalue weighted by atomic mass is 9.91. The lowest BCUT2D eigenvalue weighted by molar-refractivity contribution is 0.0508. The van der Waals surface area contributed by atoms with Crippen molar-refractivity contribution in [2.24, 2.45) is 0 Å². The third-order valence-corrected chi connectivity index (χ3v) is 4.15. The van der Waals surface area contributed by atoms with E-state index in [1.54, 1.807) is 11.5 Å². The summed E-state index contributed by atoms with van der Waals surface area (Å²) in [6.45, 7) is 3.65. The lowest BCUT2D eigenvalue weighted by Crippen LogP contribution is -2.14. The summed E-state index contributed by atoms with van der Waals surface area (Å²) in [5.74, 6) is 0.152. The van der Waals surface area contributed by atoms with E-state index in [1.807, 2.05) is 12.1 Å². The van der Waals surface area contributed by atoms with Crippen molar-refractivity contribution in [1.29, 1.82) is 5.26 Å². The molecule has 0 atom stereocenters. The highest BCUT2D eigenvalue weighted by Gasteiger charge is 2.21. The Morgan fingerprint density at radius 2 is 2.26 bits per heavy atom. The minimum Gasteiger partial charge on any atom is -0.460 e. The van der Waals surface area contributed by atoms with Crippen LogP contribution in [0.3, 0.4) is 0 Å². The number of imidazole rings is 1. The van der Waals surface area contributed by atoms with Gasteiger partial charge in [-0.25, -0.2) is 9.78 Å². The Morgan fingerprint density at radius 1 is 1.48 bits per heavy atom. The zero-order chi connectivity index (χ0) is 16.2. The molecule has 1 aromatic heterocycles. The van der Waals surface area contributed by atoms with E-state index in [2.05, 4.69) is 17.1 Å². The molecule has 1 aliphatic heterocycles. The van der Waals surface area contributed by atoms with E-state index >= 15 is 0 Å². The average Bonchev–Trinajstić information content (AvgIpc) is 2.94. The molecule has 2 heterocycles. The maximum absolute atomic E-state index is 12.1. The van der Waals surface area contributed by atoms with Crippen LogP contribution in [0.5, 0.6) is 0 Å². The Morgan fingerprint density at radius 3 is 2.96 bits per heavy atom. The molecule has 0 aliphatic carbocycles. The minimum atomic E-state index is -0.494. The lowest BCUT2D eigenvalue weighted by Gasteiger charge is -2.22. The van der Waals surface area contributed by atoms with Crippen LogP contribution < -0.4 is 0 Å². The van der Waals surface area contributed by atoms with Crippen LogP contribution in [0.1, 0.15) is 41.9 Å². The summed E-state index contributed by atoms with van der Waals surface area (Å²) < 4.78 is 12.1. The van der Waals surface area contributed by atoms with E-state index in [4.69, 9.17) is 14.7 Å². The summed E-state index contributed by atoms with van der Waals surface area (Å²) in [6, 6.07) is 8.09. The van der Waals surface area contributed by atoms with E-state index in [9.17, 15) is 4.79 Å². The molecule has 1 saturated heterocycles. The van der Waals surface area contributed by atoms with Crippen molar-refractivity contribution < 1.29 is 14.3 Å². The average molecular weight is 313 g/mol. The summed E-state index contributed by atoms with van der Waals surface area (Å²) in [4.78, 5) is 16.5. The first kappa shape index (κ1) is 15.5. The number of hydrogen-bond acceptors (Lipinski definition) is 5. The van der Waals surface area contributed by atoms with E-state index in [0.717, 1.165) is 37.1 Å². The van der Waals surface area contributed by atoms with Gasteiger partial charge in [0.15, 0.2) is 0 Å². The summed E-state index contributed by atoms with van der Waals surface area (Å²) in [5, 5.41) is 9.03. The Balaban J connectivity index is 2.02. The van der Waals surface area contributed by atoms with E-state index in [-0.39, 0.29) is 19.0 Å². The van der Waals surface area contributed by atoms with Gasteiger partial charge in [0.25, 0.3) is 0 Å². The van der Waals surface area contributed by atoms with Crippen molar-refractivity contribution in [2.75, 3.05) is 19.8 Å². The van der Waals surface area contributed by atoms with Gasteiger partial charge in [-0.3, -0.25) is 0 Å². The first-order chi connectivity index (χ1) is 11.2. The molecule has 1 aromatic carbocycles. The number of nitrogens with zero attached hydrogens (tertiary/aromatic N) is 3. The molecule has 6 heteroatoms. The van der Waals surface area contributed by atoms with Crippen molar-refractivity contribution in [3.63, 3.8) is 0 Å². The summed E-state index contributed by atoms with van der Waals surface area (Å²) >= 11 is 0. The van der Waals surface area contributed by atoms with Gasteiger partial charge in [-0.1, -0.05) is 6.07 Å². The zero-order valence-electron chi connectivity index (χ0n) is 13.1. The highest BCUT2D eigenvalue weighted by Crippen LogP contribution is 2.29. The van der Waals surface area contributed by atoms with E-state index in [0.29, 0.717) is 5.92 Å². The molecule has 2 aromatic rings. The molecule has 0 unspecified atom stereocenters. The molecular formula is C17H19N3O3. The van der Waals surface area contributed by atoms with Crippen LogP contribution in [0.2, 0.25) is 0 Å². The van der Waals surface area contributed by atoms with Crippen molar-refractivity contribution >= 4 is 17.0 Å². The molecule has 6 nitrogen and oxygen atoms in total. The van der Waals surface area contributed by atoms with E-state index in [1.165, 1.54) is 5.56 Å². The molecule has 0 radical (unpaired) electrons. The van der Waals surface area contributed by atoms with Crippen molar-refractivity contribution in [3.05, 3.63) is 29.6 Å². The molecule has 0 amide bonds. The van der Waals surface area contributed by atoms with Crippen LogP contribution >= 0.6 is 0 Å². The number of aromatic nitrogens is 2. The Bertz CT molecular complexity index is 754. The van der Waals surface area contributed by atoms with Crippen LogP contribution in [0, 0.1) is 11.3 Å².